The monoisotopic (exact) mass is 367 g/mol. The third kappa shape index (κ3) is 2.60. The Bertz CT molecular complexity index is 499. The summed E-state index contributed by atoms with van der Waals surface area (Å²) in [6.07, 6.45) is 2.82. The average molecular weight is 368 g/mol. The van der Waals surface area contributed by atoms with Gasteiger partial charge in [0.25, 0.3) is 0 Å². The molecule has 0 aliphatic carbocycles. The molecule has 3 rings (SSSR count). The minimum absolute atomic E-state index is 0.106. The number of hydrogen-bond donors (Lipinski definition) is 0. The van der Waals surface area contributed by atoms with Gasteiger partial charge in [-0.05, 0) is 36.0 Å². The van der Waals surface area contributed by atoms with Crippen LogP contribution in [0, 0.1) is 5.92 Å². The van der Waals surface area contributed by atoms with Crippen molar-refractivity contribution >= 4 is 14.1 Å². The maximum absolute atomic E-state index is 12.8. The lowest BCUT2D eigenvalue weighted by atomic mass is 9.78. The van der Waals surface area contributed by atoms with E-state index in [2.05, 4.69) is 46.4 Å². The summed E-state index contributed by atoms with van der Waals surface area (Å²) in [6, 6.07) is 0.369. The van der Waals surface area contributed by atoms with E-state index < -0.39 is 8.32 Å². The van der Waals surface area contributed by atoms with Crippen molar-refractivity contribution in [1.82, 2.24) is 4.90 Å². The number of methoxy groups -OCH3 is 1. The number of hydrogen-bond acceptors (Lipinski definition) is 4. The molecule has 0 saturated carbocycles. The van der Waals surface area contributed by atoms with Gasteiger partial charge in [-0.15, -0.1) is 0 Å². The lowest BCUT2D eigenvalue weighted by Crippen LogP contribution is -2.62. The second-order valence-corrected chi connectivity index (χ2v) is 14.9. The van der Waals surface area contributed by atoms with Crippen LogP contribution in [-0.4, -0.2) is 56.9 Å². The van der Waals surface area contributed by atoms with Crippen LogP contribution in [0.1, 0.15) is 60.8 Å². The number of Topliss-reactive ketones (excluding diaryl/α,β-unsaturated/α-hetero) is 1. The summed E-state index contributed by atoms with van der Waals surface area (Å²) < 4.78 is 12.9. The molecule has 3 aliphatic heterocycles. The molecule has 0 aromatic rings. The van der Waals surface area contributed by atoms with Crippen molar-refractivity contribution in [3.63, 3.8) is 0 Å². The predicted molar refractivity (Wildman–Crippen MR) is 103 cm³/mol. The van der Waals surface area contributed by atoms with Gasteiger partial charge < -0.3 is 9.16 Å². The van der Waals surface area contributed by atoms with Gasteiger partial charge in [-0.2, -0.15) is 0 Å². The summed E-state index contributed by atoms with van der Waals surface area (Å²) >= 11 is 0. The van der Waals surface area contributed by atoms with Crippen LogP contribution in [0.5, 0.6) is 0 Å². The summed E-state index contributed by atoms with van der Waals surface area (Å²) in [7, 11) is -0.130. The molecule has 5 atom stereocenters. The molecule has 3 aliphatic rings. The standard InChI is InChI=1S/C20H37NO3Si/c1-13(2)25(14(3)4,15(5)6)24-12-20-17-8-9-21(20)16(10-18(17)22)11-19(20)23-7/h13-17,19H,8-12H2,1-7H3. The Hall–Kier alpha value is -0.233. The minimum Gasteiger partial charge on any atom is -0.414 e. The van der Waals surface area contributed by atoms with Crippen LogP contribution in [0.15, 0.2) is 0 Å². The molecule has 0 aromatic carbocycles. The highest BCUT2D eigenvalue weighted by Gasteiger charge is 2.67. The van der Waals surface area contributed by atoms with Crippen molar-refractivity contribution < 1.29 is 14.0 Å². The fraction of sp³-hybridized carbons (Fsp3) is 0.950. The molecule has 5 heteroatoms. The van der Waals surface area contributed by atoms with Gasteiger partial charge in [0.1, 0.15) is 5.78 Å². The van der Waals surface area contributed by atoms with E-state index in [1.54, 1.807) is 0 Å². The zero-order chi connectivity index (χ0) is 18.6. The van der Waals surface area contributed by atoms with Crippen LogP contribution in [-0.2, 0) is 14.0 Å². The van der Waals surface area contributed by atoms with Crippen LogP contribution in [0.4, 0.5) is 0 Å². The summed E-state index contributed by atoms with van der Waals surface area (Å²) in [5.74, 6) is 0.558. The van der Waals surface area contributed by atoms with Gasteiger partial charge in [-0.25, -0.2) is 0 Å². The molecule has 0 N–H and O–H groups in total. The SMILES string of the molecule is COC1CC2CC(=O)C3CCN2C13CO[Si](C(C)C)(C(C)C)C(C)C. The van der Waals surface area contributed by atoms with Crippen molar-refractivity contribution in [3.05, 3.63) is 0 Å². The van der Waals surface area contributed by atoms with Gasteiger partial charge >= 0.3 is 0 Å². The first-order valence-electron chi connectivity index (χ1n) is 10.2. The average Bonchev–Trinajstić information content (AvgIpc) is 2.93. The topological polar surface area (TPSA) is 38.8 Å². The van der Waals surface area contributed by atoms with Crippen molar-refractivity contribution in [1.29, 1.82) is 0 Å². The molecular formula is C20H37NO3Si. The molecule has 0 radical (unpaired) electrons. The van der Waals surface area contributed by atoms with Crippen LogP contribution < -0.4 is 0 Å². The fourth-order valence-corrected chi connectivity index (χ4v) is 12.2. The maximum atomic E-state index is 12.8. The van der Waals surface area contributed by atoms with Gasteiger partial charge in [-0.3, -0.25) is 9.69 Å². The van der Waals surface area contributed by atoms with E-state index in [0.717, 1.165) is 19.4 Å². The highest BCUT2D eigenvalue weighted by molar-refractivity contribution is 6.77. The number of carbonyl (C=O) groups excluding carboxylic acids is 1. The predicted octanol–water partition coefficient (Wildman–Crippen LogP) is 4.00. The third-order valence-corrected chi connectivity index (χ3v) is 13.7. The van der Waals surface area contributed by atoms with Crippen molar-refractivity contribution in [2.75, 3.05) is 20.3 Å². The van der Waals surface area contributed by atoms with E-state index in [0.29, 0.717) is 41.5 Å². The van der Waals surface area contributed by atoms with Crippen molar-refractivity contribution in [2.45, 2.75) is 95.1 Å². The van der Waals surface area contributed by atoms with Crippen LogP contribution in [0.25, 0.3) is 0 Å². The minimum atomic E-state index is -1.95. The molecular weight excluding hydrogens is 330 g/mol. The maximum Gasteiger partial charge on any atom is 0.200 e. The smallest absolute Gasteiger partial charge is 0.200 e. The van der Waals surface area contributed by atoms with Crippen molar-refractivity contribution in [2.24, 2.45) is 5.92 Å². The number of nitrogens with zero attached hydrogens (tertiary/aromatic N) is 1. The van der Waals surface area contributed by atoms with E-state index in [4.69, 9.17) is 9.16 Å². The molecule has 25 heavy (non-hydrogen) atoms. The normalized spacial score (nSPS) is 37.8. The number of carbonyl (C=O) groups is 1. The van der Waals surface area contributed by atoms with Gasteiger partial charge in [0.15, 0.2) is 8.32 Å². The molecule has 4 bridgehead atoms. The Morgan fingerprint density at radius 3 is 2.28 bits per heavy atom. The van der Waals surface area contributed by atoms with Crippen LogP contribution >= 0.6 is 0 Å². The van der Waals surface area contributed by atoms with Gasteiger partial charge in [0.05, 0.1) is 18.2 Å². The Morgan fingerprint density at radius 1 is 1.16 bits per heavy atom. The number of ether oxygens (including phenoxy) is 1. The summed E-state index contributed by atoms with van der Waals surface area (Å²) in [6.45, 7) is 15.7. The lowest BCUT2D eigenvalue weighted by molar-refractivity contribution is -0.135. The molecule has 0 spiro atoms. The quantitative estimate of drug-likeness (QED) is 0.638. The second-order valence-electron chi connectivity index (χ2n) is 9.42. The largest absolute Gasteiger partial charge is 0.414 e. The van der Waals surface area contributed by atoms with Gasteiger partial charge in [0.2, 0.25) is 0 Å². The Balaban J connectivity index is 1.93. The first-order chi connectivity index (χ1) is 11.7. The van der Waals surface area contributed by atoms with Crippen LogP contribution in [0.3, 0.4) is 0 Å². The molecule has 3 saturated heterocycles. The van der Waals surface area contributed by atoms with Crippen LogP contribution in [0.2, 0.25) is 16.6 Å². The number of piperidine rings is 1. The first kappa shape index (κ1) is 19.5. The van der Waals surface area contributed by atoms with E-state index in [1.807, 2.05) is 7.11 Å². The number of rotatable bonds is 7. The summed E-state index contributed by atoms with van der Waals surface area (Å²) in [4.78, 5) is 15.4. The van der Waals surface area contributed by atoms with E-state index >= 15 is 0 Å². The molecule has 144 valence electrons. The molecule has 0 aromatic heterocycles. The Labute approximate surface area is 154 Å². The number of ketones is 1. The van der Waals surface area contributed by atoms with E-state index in [9.17, 15) is 4.79 Å². The van der Waals surface area contributed by atoms with Crippen molar-refractivity contribution in [3.8, 4) is 0 Å². The molecule has 0 amide bonds. The third-order valence-electron chi connectivity index (χ3n) is 7.65. The highest BCUT2D eigenvalue weighted by Crippen LogP contribution is 2.54. The molecule has 3 fully saturated rings. The van der Waals surface area contributed by atoms with E-state index in [1.165, 1.54) is 0 Å². The Kier molecular flexibility index (Phi) is 5.26. The molecule has 3 heterocycles. The zero-order valence-corrected chi connectivity index (χ0v) is 18.2. The molecule has 5 unspecified atom stereocenters. The molecule has 4 nitrogen and oxygen atoms in total. The van der Waals surface area contributed by atoms with Gasteiger partial charge in [-0.1, -0.05) is 41.5 Å². The fourth-order valence-electron chi connectivity index (χ4n) is 6.76. The van der Waals surface area contributed by atoms with E-state index in [-0.39, 0.29) is 17.6 Å². The first-order valence-corrected chi connectivity index (χ1v) is 12.3. The highest BCUT2D eigenvalue weighted by atomic mass is 28.4. The lowest BCUT2D eigenvalue weighted by Gasteiger charge is -2.49. The summed E-state index contributed by atoms with van der Waals surface area (Å²) in [5, 5.41) is 0. The Morgan fingerprint density at radius 2 is 1.76 bits per heavy atom. The zero-order valence-electron chi connectivity index (χ0n) is 17.2. The second kappa shape index (κ2) is 6.74. The van der Waals surface area contributed by atoms with Gasteiger partial charge in [0, 0.05) is 25.5 Å². The summed E-state index contributed by atoms with van der Waals surface area (Å²) in [5.41, 5.74) is 1.49.